The Balaban J connectivity index is 0.970. The number of β-amino-alcohol motifs (C(OH)–C–C–N with tert-alkyl or cyclic N) is 2. The highest BCUT2D eigenvalue weighted by molar-refractivity contribution is 9.10. The first-order valence-electron chi connectivity index (χ1n) is 14.5. The largest absolute Gasteiger partial charge is 0.390 e. The smallest absolute Gasteiger partial charge is 0.0845 e. The highest BCUT2D eigenvalue weighted by Gasteiger charge is 2.23. The zero-order chi connectivity index (χ0) is 27.9. The van der Waals surface area contributed by atoms with Crippen LogP contribution in [0, 0.1) is 0 Å². The molecular formula is C34H35BrN4O2. The number of aliphatic hydroxyl groups excluding tert-OH is 2. The number of aliphatic hydroxyl groups is 2. The Morgan fingerprint density at radius 1 is 0.512 bits per heavy atom. The van der Waals surface area contributed by atoms with E-state index < -0.39 is 12.2 Å². The van der Waals surface area contributed by atoms with Crippen molar-refractivity contribution in [1.29, 1.82) is 0 Å². The molecular weight excluding hydrogens is 576 g/mol. The zero-order valence-electron chi connectivity index (χ0n) is 23.0. The van der Waals surface area contributed by atoms with E-state index in [2.05, 4.69) is 126 Å². The molecule has 2 N–H and O–H groups in total. The van der Waals surface area contributed by atoms with Crippen LogP contribution in [0.1, 0.15) is 0 Å². The SMILES string of the molecule is O[C@H](CN1CCN(C[C@H](O)Cn2c3ccccc3c3ccccc32)CC1)Cn1c2ccccc2c2cc(Br)ccc21. The quantitative estimate of drug-likeness (QED) is 0.232. The van der Waals surface area contributed by atoms with Crippen LogP contribution in [0.5, 0.6) is 0 Å². The number of hydrogen-bond donors (Lipinski definition) is 2. The van der Waals surface area contributed by atoms with Crippen molar-refractivity contribution in [3.8, 4) is 0 Å². The van der Waals surface area contributed by atoms with Crippen molar-refractivity contribution in [2.45, 2.75) is 25.3 Å². The molecule has 0 saturated carbocycles. The van der Waals surface area contributed by atoms with Crippen molar-refractivity contribution in [3.05, 3.63) is 95.5 Å². The lowest BCUT2D eigenvalue weighted by molar-refractivity contribution is 0.0415. The van der Waals surface area contributed by atoms with Gasteiger partial charge in [0.05, 0.1) is 25.3 Å². The number of rotatable bonds is 8. The summed E-state index contributed by atoms with van der Waals surface area (Å²) in [5.41, 5.74) is 4.64. The Labute approximate surface area is 248 Å². The molecule has 2 atom stereocenters. The first-order valence-corrected chi connectivity index (χ1v) is 15.3. The number of aromatic nitrogens is 2. The number of halogens is 1. The molecule has 1 aliphatic rings. The van der Waals surface area contributed by atoms with Gasteiger partial charge in [-0.15, -0.1) is 0 Å². The molecule has 4 aromatic carbocycles. The third-order valence-electron chi connectivity index (χ3n) is 8.60. The van der Waals surface area contributed by atoms with E-state index in [1.165, 1.54) is 32.6 Å². The van der Waals surface area contributed by atoms with Gasteiger partial charge in [0, 0.05) is 87.4 Å². The molecule has 6 aromatic rings. The lowest BCUT2D eigenvalue weighted by atomic mass is 10.2. The summed E-state index contributed by atoms with van der Waals surface area (Å²) >= 11 is 3.61. The second kappa shape index (κ2) is 11.2. The van der Waals surface area contributed by atoms with Crippen LogP contribution in [0.4, 0.5) is 0 Å². The summed E-state index contributed by atoms with van der Waals surface area (Å²) in [6.07, 6.45) is -0.924. The molecule has 0 aliphatic carbocycles. The van der Waals surface area contributed by atoms with Crippen LogP contribution in [-0.4, -0.2) is 80.6 Å². The second-order valence-corrected chi connectivity index (χ2v) is 12.3. The van der Waals surface area contributed by atoms with Crippen LogP contribution in [0.15, 0.2) is 95.5 Å². The molecule has 6 nitrogen and oxygen atoms in total. The summed E-state index contributed by atoms with van der Waals surface area (Å²) in [4.78, 5) is 4.71. The summed E-state index contributed by atoms with van der Waals surface area (Å²) < 4.78 is 5.57. The molecule has 41 heavy (non-hydrogen) atoms. The van der Waals surface area contributed by atoms with E-state index in [1.807, 2.05) is 0 Å². The number of benzene rings is 4. The van der Waals surface area contributed by atoms with Gasteiger partial charge in [-0.25, -0.2) is 0 Å². The van der Waals surface area contributed by atoms with E-state index in [4.69, 9.17) is 0 Å². The second-order valence-electron chi connectivity index (χ2n) is 11.3. The predicted molar refractivity (Wildman–Crippen MR) is 171 cm³/mol. The van der Waals surface area contributed by atoms with Gasteiger partial charge in [0.2, 0.25) is 0 Å². The summed E-state index contributed by atoms with van der Waals surface area (Å²) in [5.74, 6) is 0. The van der Waals surface area contributed by atoms with Crippen molar-refractivity contribution in [1.82, 2.24) is 18.9 Å². The average Bonchev–Trinajstić information content (AvgIpc) is 3.46. The van der Waals surface area contributed by atoms with Crippen LogP contribution in [0.2, 0.25) is 0 Å². The van der Waals surface area contributed by atoms with Gasteiger partial charge in [-0.05, 0) is 36.4 Å². The molecule has 210 valence electrons. The van der Waals surface area contributed by atoms with E-state index in [0.29, 0.717) is 26.2 Å². The lowest BCUT2D eigenvalue weighted by Crippen LogP contribution is -2.50. The van der Waals surface area contributed by atoms with E-state index in [9.17, 15) is 10.2 Å². The summed E-state index contributed by atoms with van der Waals surface area (Å²) in [6, 6.07) is 31.7. The minimum atomic E-state index is -0.468. The fourth-order valence-corrected chi connectivity index (χ4v) is 7.07. The molecule has 1 fully saturated rings. The molecule has 0 amide bonds. The van der Waals surface area contributed by atoms with Gasteiger partial charge >= 0.3 is 0 Å². The minimum Gasteiger partial charge on any atom is -0.390 e. The molecule has 0 unspecified atom stereocenters. The Morgan fingerprint density at radius 2 is 0.902 bits per heavy atom. The number of hydrogen-bond acceptors (Lipinski definition) is 4. The number of para-hydroxylation sites is 3. The van der Waals surface area contributed by atoms with Crippen molar-refractivity contribution >= 4 is 59.5 Å². The van der Waals surface area contributed by atoms with E-state index in [0.717, 1.165) is 41.7 Å². The monoisotopic (exact) mass is 610 g/mol. The maximum atomic E-state index is 11.1. The Kier molecular flexibility index (Phi) is 7.31. The van der Waals surface area contributed by atoms with Gasteiger partial charge in [0.25, 0.3) is 0 Å². The van der Waals surface area contributed by atoms with Crippen molar-refractivity contribution < 1.29 is 10.2 Å². The molecule has 1 saturated heterocycles. The van der Waals surface area contributed by atoms with E-state index >= 15 is 0 Å². The minimum absolute atomic E-state index is 0.457. The van der Waals surface area contributed by atoms with Crippen molar-refractivity contribution in [2.24, 2.45) is 0 Å². The summed E-state index contributed by atoms with van der Waals surface area (Å²) in [6.45, 7) is 5.97. The average molecular weight is 612 g/mol. The highest BCUT2D eigenvalue weighted by atomic mass is 79.9. The summed E-state index contributed by atoms with van der Waals surface area (Å²) in [5, 5.41) is 27.1. The van der Waals surface area contributed by atoms with Crippen LogP contribution < -0.4 is 0 Å². The molecule has 2 aromatic heterocycles. The topological polar surface area (TPSA) is 56.8 Å². The fraction of sp³-hybridized carbons (Fsp3) is 0.294. The highest BCUT2D eigenvalue weighted by Crippen LogP contribution is 2.32. The molecule has 1 aliphatic heterocycles. The molecule has 7 heteroatoms. The maximum Gasteiger partial charge on any atom is 0.0845 e. The normalized spacial score (nSPS) is 16.8. The van der Waals surface area contributed by atoms with Gasteiger partial charge < -0.3 is 19.3 Å². The Hall–Kier alpha value is -3.20. The number of nitrogens with zero attached hydrogens (tertiary/aromatic N) is 4. The number of fused-ring (bicyclic) bond motifs is 6. The standard InChI is InChI=1S/C34H35BrN4O2/c35-24-13-14-34-30(19-24)29-9-3-6-12-33(29)39(34)23-26(41)21-37-17-15-36(16-18-37)20-25(40)22-38-31-10-4-1-7-27(31)28-8-2-5-11-32(28)38/h1-14,19,25-26,40-41H,15-18,20-23H2/t25-,26+/m0/s1. The Morgan fingerprint density at radius 3 is 1.37 bits per heavy atom. The first kappa shape index (κ1) is 26.7. The van der Waals surface area contributed by atoms with Crippen molar-refractivity contribution in [2.75, 3.05) is 39.3 Å². The third-order valence-corrected chi connectivity index (χ3v) is 9.10. The third kappa shape index (κ3) is 5.18. The lowest BCUT2D eigenvalue weighted by Gasteiger charge is -2.36. The van der Waals surface area contributed by atoms with Crippen LogP contribution in [0.25, 0.3) is 43.6 Å². The predicted octanol–water partition coefficient (Wildman–Crippen LogP) is 5.70. The van der Waals surface area contributed by atoms with Gasteiger partial charge in [-0.2, -0.15) is 0 Å². The number of piperazine rings is 1. The van der Waals surface area contributed by atoms with Crippen LogP contribution in [0.3, 0.4) is 0 Å². The van der Waals surface area contributed by atoms with Gasteiger partial charge in [0.15, 0.2) is 0 Å². The van der Waals surface area contributed by atoms with E-state index in [-0.39, 0.29) is 0 Å². The van der Waals surface area contributed by atoms with E-state index in [1.54, 1.807) is 0 Å². The van der Waals surface area contributed by atoms with Gasteiger partial charge in [-0.3, -0.25) is 9.80 Å². The summed E-state index contributed by atoms with van der Waals surface area (Å²) in [7, 11) is 0. The fourth-order valence-electron chi connectivity index (χ4n) is 6.71. The first-order chi connectivity index (χ1) is 20.0. The molecule has 3 heterocycles. The van der Waals surface area contributed by atoms with Crippen LogP contribution in [-0.2, 0) is 13.1 Å². The maximum absolute atomic E-state index is 11.1. The Bertz CT molecular complexity index is 1780. The van der Waals surface area contributed by atoms with Gasteiger partial charge in [-0.1, -0.05) is 70.5 Å². The zero-order valence-corrected chi connectivity index (χ0v) is 24.6. The molecule has 7 rings (SSSR count). The van der Waals surface area contributed by atoms with Crippen LogP contribution >= 0.6 is 15.9 Å². The van der Waals surface area contributed by atoms with Crippen molar-refractivity contribution in [3.63, 3.8) is 0 Å². The van der Waals surface area contributed by atoms with Gasteiger partial charge in [0.1, 0.15) is 0 Å². The molecule has 0 bridgehead atoms. The molecule has 0 radical (unpaired) electrons. The molecule has 0 spiro atoms.